The van der Waals surface area contributed by atoms with Crippen LogP contribution in [0.25, 0.3) is 0 Å². The molecule has 0 heterocycles. The molecule has 0 bridgehead atoms. The first kappa shape index (κ1) is 51.1. The van der Waals surface area contributed by atoms with Crippen LogP contribution in [0.4, 0.5) is 52.7 Å². The molecule has 0 saturated heterocycles. The highest BCUT2D eigenvalue weighted by Gasteiger charge is 2.41. The predicted molar refractivity (Wildman–Crippen MR) is 206 cm³/mol. The minimum Gasteiger partial charge on any atom is -0.423 e. The Morgan fingerprint density at radius 1 is 0.373 bits per heavy atom. The van der Waals surface area contributed by atoms with Crippen molar-refractivity contribution in [3.63, 3.8) is 0 Å². The second-order valence-corrected chi connectivity index (χ2v) is 12.8. The van der Waals surface area contributed by atoms with Crippen molar-refractivity contribution >= 4 is 29.8 Å². The van der Waals surface area contributed by atoms with Crippen LogP contribution in [0.2, 0.25) is 0 Å². The molecular formula is C45H22F12O10. The third kappa shape index (κ3) is 14.2. The fraction of sp³-hybridized carbons (Fsp3) is 0.0889. The van der Waals surface area contributed by atoms with Crippen molar-refractivity contribution in [1.82, 2.24) is 0 Å². The van der Waals surface area contributed by atoms with Crippen molar-refractivity contribution in [1.29, 1.82) is 0 Å². The fourth-order valence-electron chi connectivity index (χ4n) is 4.39. The van der Waals surface area contributed by atoms with Crippen molar-refractivity contribution in [2.75, 3.05) is 0 Å². The number of hydrogen-bond donors (Lipinski definition) is 0. The SMILES string of the molecule is C=C(C(=O)Oc1ccc(C#Cc2c(OC(=O)C(=C)C(F)(F)F)cc(C#Cc3ccc(C(=O)Oc4ccc(OC(=O)C(=C)C(F)(F)F)cc4)cc3)cc2OC(=O)C(=C)C(F)(F)F)cc1)C(F)(F)F. The molecule has 0 amide bonds. The van der Waals surface area contributed by atoms with Gasteiger partial charge in [-0.1, -0.05) is 50.0 Å². The Morgan fingerprint density at radius 2 is 0.657 bits per heavy atom. The highest BCUT2D eigenvalue weighted by molar-refractivity contribution is 5.94. The van der Waals surface area contributed by atoms with E-state index in [4.69, 9.17) is 14.2 Å². The fourth-order valence-corrected chi connectivity index (χ4v) is 4.39. The minimum atomic E-state index is -5.36. The van der Waals surface area contributed by atoms with Gasteiger partial charge >= 0.3 is 54.6 Å². The number of alkyl halides is 12. The molecule has 10 nitrogen and oxygen atoms in total. The maximum absolute atomic E-state index is 13.4. The molecule has 4 aromatic carbocycles. The Hall–Kier alpha value is -8.53. The quantitative estimate of drug-likeness (QED) is 0.0498. The predicted octanol–water partition coefficient (Wildman–Crippen LogP) is 9.80. The van der Waals surface area contributed by atoms with Gasteiger partial charge in [0.2, 0.25) is 0 Å². The van der Waals surface area contributed by atoms with Gasteiger partial charge in [0.1, 0.15) is 45.1 Å². The molecule has 346 valence electrons. The van der Waals surface area contributed by atoms with E-state index in [1.54, 1.807) is 0 Å². The lowest BCUT2D eigenvalue weighted by Crippen LogP contribution is -2.24. The topological polar surface area (TPSA) is 132 Å². The number of hydrogen-bond acceptors (Lipinski definition) is 10. The van der Waals surface area contributed by atoms with Crippen LogP contribution in [0.5, 0.6) is 28.7 Å². The number of carbonyl (C=O) groups is 5. The number of esters is 5. The van der Waals surface area contributed by atoms with Crippen molar-refractivity contribution < 1.29 is 100 Å². The second kappa shape index (κ2) is 20.1. The van der Waals surface area contributed by atoms with Gasteiger partial charge < -0.3 is 23.7 Å². The number of carbonyl (C=O) groups excluding carboxylic acids is 5. The number of rotatable bonds is 10. The smallest absolute Gasteiger partial charge is 0.422 e. The first-order valence-electron chi connectivity index (χ1n) is 17.6. The van der Waals surface area contributed by atoms with E-state index >= 15 is 0 Å². The Labute approximate surface area is 368 Å². The van der Waals surface area contributed by atoms with Crippen LogP contribution in [0.3, 0.4) is 0 Å². The summed E-state index contributed by atoms with van der Waals surface area (Å²) >= 11 is 0. The Balaban J connectivity index is 1.69. The number of benzene rings is 4. The average molecular weight is 951 g/mol. The molecule has 0 unspecified atom stereocenters. The largest absolute Gasteiger partial charge is 0.423 e. The van der Waals surface area contributed by atoms with Gasteiger partial charge in [-0.3, -0.25) is 0 Å². The van der Waals surface area contributed by atoms with Crippen LogP contribution >= 0.6 is 0 Å². The van der Waals surface area contributed by atoms with Gasteiger partial charge in [-0.05, 0) is 84.9 Å². The Morgan fingerprint density at radius 3 is 1.01 bits per heavy atom. The molecule has 0 N–H and O–H groups in total. The van der Waals surface area contributed by atoms with Crippen molar-refractivity contribution in [2.45, 2.75) is 24.7 Å². The van der Waals surface area contributed by atoms with E-state index in [0.29, 0.717) is 0 Å². The van der Waals surface area contributed by atoms with Crippen molar-refractivity contribution in [2.24, 2.45) is 0 Å². The molecule has 0 aromatic heterocycles. The third-order valence-electron chi connectivity index (χ3n) is 7.94. The standard InChI is InChI=1S/C45H22F12O10/c1-23(42(46,47)48)37(58)63-31-14-9-28(10-15-31)11-20-34-35(66-39(60)25(3)44(52,53)54)21-29(22-36(34)67-40(61)26(4)45(55,56)57)6-5-27-7-12-30(13-8-27)41(62)65-33-18-16-32(17-19-33)64-38(59)24(2)43(49,50)51/h7-10,12-19,21-22H,1-4H2. The first-order valence-corrected chi connectivity index (χ1v) is 17.6. The summed E-state index contributed by atoms with van der Waals surface area (Å²) in [5, 5.41) is 0. The molecule has 0 atom stereocenters. The van der Waals surface area contributed by atoms with Crippen molar-refractivity contribution in [3.05, 3.63) is 161 Å². The van der Waals surface area contributed by atoms with Gasteiger partial charge in [0.15, 0.2) is 11.5 Å². The van der Waals surface area contributed by atoms with Gasteiger partial charge in [-0.15, -0.1) is 0 Å². The van der Waals surface area contributed by atoms with E-state index in [9.17, 15) is 76.7 Å². The van der Waals surface area contributed by atoms with Gasteiger partial charge in [-0.2, -0.15) is 52.7 Å². The normalized spacial score (nSPS) is 11.3. The Kier molecular flexibility index (Phi) is 15.3. The molecule has 0 spiro atoms. The minimum absolute atomic E-state index is 0.0804. The maximum Gasteiger partial charge on any atom is 0.422 e. The van der Waals surface area contributed by atoms with E-state index in [-0.39, 0.29) is 28.2 Å². The molecule has 0 saturated carbocycles. The average Bonchev–Trinajstić information content (AvgIpc) is 3.24. The van der Waals surface area contributed by atoms with E-state index in [1.165, 1.54) is 24.3 Å². The van der Waals surface area contributed by atoms with E-state index in [2.05, 4.69) is 59.5 Å². The van der Waals surface area contributed by atoms with E-state index < -0.39 is 105 Å². The van der Waals surface area contributed by atoms with Crippen LogP contribution in [0.1, 0.15) is 32.6 Å². The summed E-state index contributed by atoms with van der Waals surface area (Å²) in [4.78, 5) is 61.3. The van der Waals surface area contributed by atoms with E-state index in [1.807, 2.05) is 0 Å². The van der Waals surface area contributed by atoms with Crippen LogP contribution in [-0.4, -0.2) is 54.6 Å². The first-order chi connectivity index (χ1) is 30.9. The van der Waals surface area contributed by atoms with Gasteiger partial charge in [0.25, 0.3) is 0 Å². The van der Waals surface area contributed by atoms with Gasteiger partial charge in [-0.25, -0.2) is 24.0 Å². The zero-order chi connectivity index (χ0) is 50.2. The lowest BCUT2D eigenvalue weighted by atomic mass is 10.1. The molecule has 67 heavy (non-hydrogen) atoms. The lowest BCUT2D eigenvalue weighted by molar-refractivity contribution is -0.144. The molecule has 4 rings (SSSR count). The monoisotopic (exact) mass is 950 g/mol. The molecule has 4 aromatic rings. The van der Waals surface area contributed by atoms with Crippen LogP contribution < -0.4 is 23.7 Å². The Bertz CT molecular complexity index is 2750. The molecule has 0 aliphatic rings. The third-order valence-corrected chi connectivity index (χ3v) is 7.94. The summed E-state index contributed by atoms with van der Waals surface area (Å²) in [6.07, 6.45) is -20.9. The molecule has 0 aliphatic heterocycles. The van der Waals surface area contributed by atoms with Crippen LogP contribution in [0.15, 0.2) is 134 Å². The zero-order valence-corrected chi connectivity index (χ0v) is 33.0. The molecule has 22 heteroatoms. The summed E-state index contributed by atoms with van der Waals surface area (Å²) in [6.45, 7) is 10.4. The number of ether oxygens (including phenoxy) is 5. The second-order valence-electron chi connectivity index (χ2n) is 12.8. The molecule has 0 radical (unpaired) electrons. The summed E-state index contributed by atoms with van der Waals surface area (Å²) in [5.41, 5.74) is -9.13. The molecule has 0 fully saturated rings. The zero-order valence-electron chi connectivity index (χ0n) is 33.0. The van der Waals surface area contributed by atoms with Crippen molar-refractivity contribution in [3.8, 4) is 52.4 Å². The van der Waals surface area contributed by atoms with Gasteiger partial charge in [0.05, 0.1) is 5.56 Å². The molecule has 0 aliphatic carbocycles. The highest BCUT2D eigenvalue weighted by Crippen LogP contribution is 2.35. The van der Waals surface area contributed by atoms with Crippen LogP contribution in [0, 0.1) is 23.7 Å². The van der Waals surface area contributed by atoms with Gasteiger partial charge in [0, 0.05) is 16.7 Å². The van der Waals surface area contributed by atoms with E-state index in [0.717, 1.165) is 60.7 Å². The summed E-state index contributed by atoms with van der Waals surface area (Å²) in [6, 6.07) is 14.6. The summed E-state index contributed by atoms with van der Waals surface area (Å²) in [7, 11) is 0. The highest BCUT2D eigenvalue weighted by atomic mass is 19.4. The summed E-state index contributed by atoms with van der Waals surface area (Å²) < 4.78 is 181. The molecular weight excluding hydrogens is 928 g/mol. The number of halogens is 12. The lowest BCUT2D eigenvalue weighted by Gasteiger charge is -2.15. The van der Waals surface area contributed by atoms with Crippen LogP contribution in [-0.2, 0) is 19.2 Å². The summed E-state index contributed by atoms with van der Waals surface area (Å²) in [5.74, 6) is -2.17. The maximum atomic E-state index is 13.4.